The van der Waals surface area contributed by atoms with Crippen molar-refractivity contribution in [3.05, 3.63) is 0 Å². The smallest absolute Gasteiger partial charge is 0.0268 e. The quantitative estimate of drug-likeness (QED) is 0.568. The summed E-state index contributed by atoms with van der Waals surface area (Å²) in [6.07, 6.45) is 1.39. The number of nitrogens with one attached hydrogen (secondary N) is 1. The van der Waals surface area contributed by atoms with Gasteiger partial charge in [0.2, 0.25) is 0 Å². The Bertz CT molecular complexity index is 133. The molecular formula is C8H16N2. The monoisotopic (exact) mass is 140 g/mol. The van der Waals surface area contributed by atoms with Crippen LogP contribution in [0, 0.1) is 0 Å². The number of rotatable bonds is 1. The van der Waals surface area contributed by atoms with Crippen LogP contribution in [0.2, 0.25) is 0 Å². The van der Waals surface area contributed by atoms with Crippen molar-refractivity contribution in [3.63, 3.8) is 0 Å². The number of hydrogen-bond donors (Lipinski definition) is 1. The highest BCUT2D eigenvalue weighted by atomic mass is 15.3. The third-order valence-corrected chi connectivity index (χ3v) is 2.62. The van der Waals surface area contributed by atoms with Gasteiger partial charge in [0.15, 0.2) is 0 Å². The van der Waals surface area contributed by atoms with Crippen LogP contribution in [0.1, 0.15) is 20.3 Å². The molecule has 10 heavy (non-hydrogen) atoms. The first-order valence-corrected chi connectivity index (χ1v) is 4.28. The summed E-state index contributed by atoms with van der Waals surface area (Å²) in [6.45, 7) is 7.03. The van der Waals surface area contributed by atoms with Gasteiger partial charge in [-0.25, -0.2) is 0 Å². The van der Waals surface area contributed by atoms with Crippen molar-refractivity contribution in [1.29, 1.82) is 0 Å². The summed E-state index contributed by atoms with van der Waals surface area (Å²) < 4.78 is 0. The van der Waals surface area contributed by atoms with Crippen LogP contribution in [0.25, 0.3) is 0 Å². The predicted molar refractivity (Wildman–Crippen MR) is 42.0 cm³/mol. The topological polar surface area (TPSA) is 15.3 Å². The van der Waals surface area contributed by atoms with Gasteiger partial charge in [-0.1, -0.05) is 0 Å². The lowest BCUT2D eigenvalue weighted by Crippen LogP contribution is -2.46. The molecule has 1 aliphatic heterocycles. The highest BCUT2D eigenvalue weighted by molar-refractivity contribution is 5.04. The Balaban J connectivity index is 1.96. The number of piperazine rings is 1. The molecule has 0 amide bonds. The van der Waals surface area contributed by atoms with Crippen LogP contribution in [0.5, 0.6) is 0 Å². The van der Waals surface area contributed by atoms with Crippen LogP contribution in [0.15, 0.2) is 0 Å². The summed E-state index contributed by atoms with van der Waals surface area (Å²) in [5.74, 6) is 0. The Morgan fingerprint density at radius 2 is 2.30 bits per heavy atom. The molecule has 2 rings (SSSR count). The fourth-order valence-electron chi connectivity index (χ4n) is 1.95. The van der Waals surface area contributed by atoms with Crippen molar-refractivity contribution in [3.8, 4) is 0 Å². The number of hydrogen-bond acceptors (Lipinski definition) is 2. The molecule has 2 nitrogen and oxygen atoms in total. The fourth-order valence-corrected chi connectivity index (χ4v) is 1.95. The molecule has 1 N–H and O–H groups in total. The molecule has 0 unspecified atom stereocenters. The minimum Gasteiger partial charge on any atom is -0.311 e. The van der Waals surface area contributed by atoms with Crippen molar-refractivity contribution < 1.29 is 0 Å². The summed E-state index contributed by atoms with van der Waals surface area (Å²) in [7, 11) is 0. The standard InChI is InChI=1S/C8H16N2/c1-6(2)10-4-3-9-7-5-8(7)10/h6-9H,3-5H2,1-2H3/t7-,8+/m1/s1. The fraction of sp³-hybridized carbons (Fsp3) is 1.00. The average Bonchev–Trinajstić information content (AvgIpc) is 2.63. The first-order valence-electron chi connectivity index (χ1n) is 4.28. The Labute approximate surface area is 62.6 Å². The maximum absolute atomic E-state index is 3.50. The number of fused-ring (bicyclic) bond motifs is 1. The van der Waals surface area contributed by atoms with E-state index in [1.165, 1.54) is 19.5 Å². The lowest BCUT2D eigenvalue weighted by Gasteiger charge is -2.30. The van der Waals surface area contributed by atoms with Crippen LogP contribution in [0.4, 0.5) is 0 Å². The molecule has 1 saturated carbocycles. The molecule has 0 aromatic carbocycles. The molecule has 0 aromatic rings. The largest absolute Gasteiger partial charge is 0.311 e. The highest BCUT2D eigenvalue weighted by Crippen LogP contribution is 2.31. The van der Waals surface area contributed by atoms with Crippen LogP contribution < -0.4 is 5.32 Å². The lowest BCUT2D eigenvalue weighted by molar-refractivity contribution is 0.183. The van der Waals surface area contributed by atoms with E-state index in [0.29, 0.717) is 0 Å². The average molecular weight is 140 g/mol. The van der Waals surface area contributed by atoms with Gasteiger partial charge in [-0.05, 0) is 20.3 Å². The van der Waals surface area contributed by atoms with Crippen LogP contribution in [0.3, 0.4) is 0 Å². The van der Waals surface area contributed by atoms with E-state index in [0.717, 1.165) is 18.1 Å². The van der Waals surface area contributed by atoms with E-state index in [2.05, 4.69) is 24.1 Å². The van der Waals surface area contributed by atoms with Crippen LogP contribution in [-0.4, -0.2) is 36.1 Å². The highest BCUT2D eigenvalue weighted by Gasteiger charge is 2.44. The molecule has 2 fully saturated rings. The summed E-state index contributed by atoms with van der Waals surface area (Å²) in [4.78, 5) is 2.61. The molecule has 2 atom stereocenters. The molecule has 0 bridgehead atoms. The maximum atomic E-state index is 3.50. The molecule has 2 aliphatic rings. The van der Waals surface area contributed by atoms with Gasteiger partial charge in [-0.15, -0.1) is 0 Å². The zero-order chi connectivity index (χ0) is 7.14. The van der Waals surface area contributed by atoms with E-state index >= 15 is 0 Å². The SMILES string of the molecule is CC(C)N1CCN[C@@H]2C[C@@H]21. The first kappa shape index (κ1) is 6.62. The first-order chi connectivity index (χ1) is 4.79. The molecule has 2 heteroatoms. The molecule has 0 spiro atoms. The van der Waals surface area contributed by atoms with Crippen molar-refractivity contribution >= 4 is 0 Å². The van der Waals surface area contributed by atoms with Crippen LogP contribution >= 0.6 is 0 Å². The van der Waals surface area contributed by atoms with Gasteiger partial charge in [0.1, 0.15) is 0 Å². The zero-order valence-electron chi connectivity index (χ0n) is 6.80. The molecule has 0 aromatic heterocycles. The van der Waals surface area contributed by atoms with Gasteiger partial charge < -0.3 is 5.32 Å². The molecule has 0 radical (unpaired) electrons. The molecular weight excluding hydrogens is 124 g/mol. The number of nitrogens with zero attached hydrogens (tertiary/aromatic N) is 1. The maximum Gasteiger partial charge on any atom is 0.0268 e. The summed E-state index contributed by atoms with van der Waals surface area (Å²) >= 11 is 0. The summed E-state index contributed by atoms with van der Waals surface area (Å²) in [5.41, 5.74) is 0. The van der Waals surface area contributed by atoms with Gasteiger partial charge in [-0.2, -0.15) is 0 Å². The normalized spacial score (nSPS) is 39.9. The van der Waals surface area contributed by atoms with Gasteiger partial charge in [-0.3, -0.25) is 4.90 Å². The van der Waals surface area contributed by atoms with E-state index in [-0.39, 0.29) is 0 Å². The van der Waals surface area contributed by atoms with Gasteiger partial charge in [0.25, 0.3) is 0 Å². The summed E-state index contributed by atoms with van der Waals surface area (Å²) in [6, 6.07) is 2.47. The van der Waals surface area contributed by atoms with Crippen molar-refractivity contribution in [2.24, 2.45) is 0 Å². The van der Waals surface area contributed by atoms with E-state index < -0.39 is 0 Å². The minimum absolute atomic E-state index is 0.747. The minimum atomic E-state index is 0.747. The molecule has 1 heterocycles. The Hall–Kier alpha value is -0.0800. The van der Waals surface area contributed by atoms with Crippen LogP contribution in [-0.2, 0) is 0 Å². The second kappa shape index (κ2) is 2.21. The summed E-state index contributed by atoms with van der Waals surface area (Å²) in [5, 5.41) is 3.50. The molecule has 1 aliphatic carbocycles. The van der Waals surface area contributed by atoms with Gasteiger partial charge >= 0.3 is 0 Å². The van der Waals surface area contributed by atoms with Gasteiger partial charge in [0, 0.05) is 31.2 Å². The second-order valence-electron chi connectivity index (χ2n) is 3.70. The second-order valence-corrected chi connectivity index (χ2v) is 3.70. The van der Waals surface area contributed by atoms with E-state index in [1.54, 1.807) is 0 Å². The van der Waals surface area contributed by atoms with Crippen molar-refractivity contribution in [2.45, 2.75) is 38.4 Å². The third-order valence-electron chi connectivity index (χ3n) is 2.62. The van der Waals surface area contributed by atoms with E-state index in [1.807, 2.05) is 0 Å². The Kier molecular flexibility index (Phi) is 1.46. The lowest BCUT2D eigenvalue weighted by atomic mass is 10.3. The molecule has 58 valence electrons. The Morgan fingerprint density at radius 1 is 1.50 bits per heavy atom. The molecule has 1 saturated heterocycles. The van der Waals surface area contributed by atoms with E-state index in [4.69, 9.17) is 0 Å². The third kappa shape index (κ3) is 0.956. The van der Waals surface area contributed by atoms with Crippen molar-refractivity contribution in [1.82, 2.24) is 10.2 Å². The van der Waals surface area contributed by atoms with E-state index in [9.17, 15) is 0 Å². The Morgan fingerprint density at radius 3 is 2.90 bits per heavy atom. The van der Waals surface area contributed by atoms with Gasteiger partial charge in [0.05, 0.1) is 0 Å². The van der Waals surface area contributed by atoms with Crippen molar-refractivity contribution in [2.75, 3.05) is 13.1 Å². The predicted octanol–water partition coefficient (Wildman–Crippen LogP) is 0.441. The zero-order valence-corrected chi connectivity index (χ0v) is 6.80.